The molecule has 2 atom stereocenters. The van der Waals surface area contributed by atoms with Crippen LogP contribution in [0.4, 0.5) is 15.3 Å². The molecule has 1 fully saturated rings. The zero-order valence-corrected chi connectivity index (χ0v) is 20.4. The van der Waals surface area contributed by atoms with Gasteiger partial charge in [0.05, 0.1) is 18.5 Å². The number of β-lactam (4-membered cyclic amide) rings is 1. The molecule has 5 heterocycles. The Morgan fingerprint density at radius 1 is 1.38 bits per heavy atom. The average molecular weight is 549 g/mol. The lowest BCUT2D eigenvalue weighted by Gasteiger charge is -2.49. The fourth-order valence-corrected chi connectivity index (χ4v) is 5.95. The summed E-state index contributed by atoms with van der Waals surface area (Å²) in [6.07, 6.45) is 3.28. The highest BCUT2D eigenvalue weighted by molar-refractivity contribution is 8.00. The third kappa shape index (κ3) is 4.31. The number of rotatable bonds is 8. The minimum absolute atomic E-state index is 0.0495. The summed E-state index contributed by atoms with van der Waals surface area (Å²) >= 11 is 2.34. The molecular weight excluding hydrogens is 529 g/mol. The molecule has 17 heteroatoms. The van der Waals surface area contributed by atoms with Crippen molar-refractivity contribution in [2.75, 3.05) is 24.1 Å². The Kier molecular flexibility index (Phi) is 6.38. The summed E-state index contributed by atoms with van der Waals surface area (Å²) < 4.78 is 15.8. The lowest BCUT2D eigenvalue weighted by molar-refractivity contribution is -0.666. The number of aliphatic carboxylic acids is 1. The summed E-state index contributed by atoms with van der Waals surface area (Å²) in [6.45, 7) is -1.10. The number of carboxylic acid groups (broad SMARTS) is 1. The number of fused-ring (bicyclic) bond motifs is 2. The van der Waals surface area contributed by atoms with E-state index in [0.29, 0.717) is 17.0 Å². The van der Waals surface area contributed by atoms with Gasteiger partial charge in [-0.15, -0.1) is 23.1 Å². The van der Waals surface area contributed by atoms with Crippen LogP contribution in [0.3, 0.4) is 0 Å². The van der Waals surface area contributed by atoms with Crippen LogP contribution in [0.5, 0.6) is 0 Å². The number of anilines is 2. The number of carbonyl (C=O) groups excluding carboxylic acids is 2. The number of nitrogens with one attached hydrogen (secondary N) is 1. The largest absolute Gasteiger partial charge is 0.477 e. The van der Waals surface area contributed by atoms with E-state index in [1.807, 2.05) is 0 Å². The molecule has 2 aliphatic heterocycles. The summed E-state index contributed by atoms with van der Waals surface area (Å²) in [5, 5.41) is 21.0. The quantitative estimate of drug-likeness (QED) is 0.121. The smallest absolute Gasteiger partial charge is 0.352 e. The summed E-state index contributed by atoms with van der Waals surface area (Å²) in [5.74, 6) is -2.02. The number of nitrogens with zero attached hydrogens (tertiary/aromatic N) is 6. The molecule has 2 aliphatic rings. The van der Waals surface area contributed by atoms with E-state index >= 15 is 0 Å². The number of aromatic nitrogens is 4. The fourth-order valence-electron chi connectivity index (χ4n) is 4.07. The normalized spacial score (nSPS) is 19.5. The van der Waals surface area contributed by atoms with Gasteiger partial charge in [0.25, 0.3) is 18.7 Å². The Balaban J connectivity index is 1.38. The molecule has 1 unspecified atom stereocenters. The molecule has 0 bridgehead atoms. The first-order valence-corrected chi connectivity index (χ1v) is 12.5. The maximum Gasteiger partial charge on any atom is 0.352 e. The van der Waals surface area contributed by atoms with Crippen LogP contribution >= 0.6 is 23.1 Å². The summed E-state index contributed by atoms with van der Waals surface area (Å²) in [7, 11) is 0. The van der Waals surface area contributed by atoms with Crippen LogP contribution in [0.1, 0.15) is 5.69 Å². The molecule has 0 spiro atoms. The van der Waals surface area contributed by atoms with Gasteiger partial charge in [0, 0.05) is 22.8 Å². The van der Waals surface area contributed by atoms with Gasteiger partial charge in [-0.1, -0.05) is 14.8 Å². The number of nitrogens with two attached hydrogens (primary N) is 2. The van der Waals surface area contributed by atoms with Gasteiger partial charge in [0.15, 0.2) is 10.8 Å². The molecule has 3 aromatic heterocycles. The number of oxime groups is 1. The molecule has 192 valence electrons. The van der Waals surface area contributed by atoms with Crippen LogP contribution in [0.15, 0.2) is 46.3 Å². The van der Waals surface area contributed by atoms with Crippen molar-refractivity contribution < 1.29 is 33.3 Å². The zero-order chi connectivity index (χ0) is 26.3. The van der Waals surface area contributed by atoms with E-state index in [-0.39, 0.29) is 34.5 Å². The predicted octanol–water partition coefficient (Wildman–Crippen LogP) is -0.671. The predicted molar refractivity (Wildman–Crippen MR) is 130 cm³/mol. The molecule has 5 rings (SSSR count). The van der Waals surface area contributed by atoms with Crippen LogP contribution in [-0.2, 0) is 25.8 Å². The molecule has 37 heavy (non-hydrogen) atoms. The van der Waals surface area contributed by atoms with Gasteiger partial charge in [-0.3, -0.25) is 14.5 Å². The highest BCUT2D eigenvalue weighted by Crippen LogP contribution is 2.40. The fraction of sp³-hybridized carbons (Fsp3) is 0.250. The van der Waals surface area contributed by atoms with Gasteiger partial charge in [-0.05, 0) is 0 Å². The second kappa shape index (κ2) is 9.66. The van der Waals surface area contributed by atoms with Gasteiger partial charge in [-0.25, -0.2) is 18.7 Å². The zero-order valence-electron chi connectivity index (χ0n) is 18.8. The van der Waals surface area contributed by atoms with E-state index in [1.165, 1.54) is 21.7 Å². The molecule has 0 aliphatic carbocycles. The van der Waals surface area contributed by atoms with Crippen molar-refractivity contribution in [3.63, 3.8) is 0 Å². The Labute approximate surface area is 215 Å². The molecule has 0 aromatic carbocycles. The number of hydrogen-bond donors (Lipinski definition) is 4. The third-order valence-corrected chi connectivity index (χ3v) is 7.68. The number of carboxylic acids is 1. The van der Waals surface area contributed by atoms with Crippen molar-refractivity contribution in [3.8, 4) is 0 Å². The van der Waals surface area contributed by atoms with Crippen LogP contribution in [0.25, 0.3) is 5.65 Å². The maximum atomic E-state index is 13.0. The number of alkyl halides is 1. The van der Waals surface area contributed by atoms with E-state index in [9.17, 15) is 23.9 Å². The molecular formula is C20H19FN9O5S2+. The maximum absolute atomic E-state index is 13.0. The first kappa shape index (κ1) is 24.4. The van der Waals surface area contributed by atoms with Crippen molar-refractivity contribution in [1.82, 2.24) is 24.8 Å². The molecule has 6 N–H and O–H groups in total. The number of nitrogen functional groups attached to an aromatic ring is 2. The molecule has 14 nitrogen and oxygen atoms in total. The van der Waals surface area contributed by atoms with E-state index in [0.717, 1.165) is 16.2 Å². The highest BCUT2D eigenvalue weighted by Gasteiger charge is 2.54. The van der Waals surface area contributed by atoms with Crippen molar-refractivity contribution in [1.29, 1.82) is 0 Å². The molecule has 0 saturated carbocycles. The lowest BCUT2D eigenvalue weighted by Crippen LogP contribution is -2.71. The summed E-state index contributed by atoms with van der Waals surface area (Å²) in [6, 6.07) is 2.34. The van der Waals surface area contributed by atoms with Crippen molar-refractivity contribution in [2.45, 2.75) is 18.0 Å². The highest BCUT2D eigenvalue weighted by atomic mass is 32.2. The van der Waals surface area contributed by atoms with E-state index < -0.39 is 36.1 Å². The lowest BCUT2D eigenvalue weighted by atomic mass is 10.0. The molecule has 1 saturated heterocycles. The number of hydrogen-bond acceptors (Lipinski definition) is 11. The van der Waals surface area contributed by atoms with E-state index in [4.69, 9.17) is 11.5 Å². The Morgan fingerprint density at radius 3 is 2.89 bits per heavy atom. The second-order valence-corrected chi connectivity index (χ2v) is 9.83. The monoisotopic (exact) mass is 548 g/mol. The van der Waals surface area contributed by atoms with Crippen LogP contribution in [-0.4, -0.2) is 72.1 Å². The van der Waals surface area contributed by atoms with Gasteiger partial charge in [0.2, 0.25) is 5.82 Å². The second-order valence-electron chi connectivity index (χ2n) is 7.84. The standard InChI is InChI=1S/C20H18FN9O5S2/c21-8-35-27-13(10-7-37-20(23)25-10)16(31)26-14-17(32)29-15(19(33)34)9(6-36-18(14)29)5-28-4-2-11(22)30-12(28)1-3-24-30/h1-4,7,14,18,22H,5-6,8H2,(H4,23,25,26,31,33,34)/p+1/b27-13-/t14-,18?/m1/s1. The van der Waals surface area contributed by atoms with Crippen molar-refractivity contribution >= 4 is 63.2 Å². The number of carbonyl (C=O) groups is 3. The first-order valence-electron chi connectivity index (χ1n) is 10.6. The number of halogens is 1. The minimum Gasteiger partial charge on any atom is -0.477 e. The SMILES string of the molecule is Nc1nc(/C(=N/OCF)C(=O)N[C@@H]2C(=O)N3C(C(=O)O)=C(C[n+]4ccc(N)n5nccc54)CSC23)cs1. The number of amides is 2. The first-order chi connectivity index (χ1) is 17.8. The van der Waals surface area contributed by atoms with Gasteiger partial charge in [-0.2, -0.15) is 0 Å². The number of thioether (sulfide) groups is 1. The van der Waals surface area contributed by atoms with Gasteiger partial charge >= 0.3 is 11.6 Å². The molecule has 0 radical (unpaired) electrons. The Morgan fingerprint density at radius 2 is 2.19 bits per heavy atom. The third-order valence-electron chi connectivity index (χ3n) is 5.67. The van der Waals surface area contributed by atoms with E-state index in [2.05, 4.69) is 25.4 Å². The van der Waals surface area contributed by atoms with Crippen molar-refractivity contribution in [3.05, 3.63) is 46.9 Å². The summed E-state index contributed by atoms with van der Waals surface area (Å²) in [4.78, 5) is 47.6. The minimum atomic E-state index is -1.28. The molecule has 2 amide bonds. The van der Waals surface area contributed by atoms with Gasteiger partial charge in [0.1, 0.15) is 29.4 Å². The van der Waals surface area contributed by atoms with Crippen molar-refractivity contribution in [2.24, 2.45) is 5.16 Å². The van der Waals surface area contributed by atoms with Gasteiger partial charge < -0.3 is 26.7 Å². The summed E-state index contributed by atoms with van der Waals surface area (Å²) in [5.41, 5.74) is 12.2. The van der Waals surface area contributed by atoms with Crippen LogP contribution < -0.4 is 21.4 Å². The van der Waals surface area contributed by atoms with E-state index in [1.54, 1.807) is 29.1 Å². The Hall–Kier alpha value is -4.25. The number of thiazole rings is 1. The average Bonchev–Trinajstić information content (AvgIpc) is 3.54. The Bertz CT molecular complexity index is 1490. The van der Waals surface area contributed by atoms with Crippen LogP contribution in [0.2, 0.25) is 0 Å². The topological polar surface area (TPSA) is 194 Å². The molecule has 3 aromatic rings. The van der Waals surface area contributed by atoms with Crippen LogP contribution in [0, 0.1) is 0 Å².